The molecule has 0 radical (unpaired) electrons. The van der Waals surface area contributed by atoms with Crippen LogP contribution < -0.4 is 10.1 Å². The summed E-state index contributed by atoms with van der Waals surface area (Å²) in [5, 5.41) is 12.7. The molecule has 0 amide bonds. The summed E-state index contributed by atoms with van der Waals surface area (Å²) in [6, 6.07) is 10.5. The molecule has 2 heterocycles. The molecule has 0 atom stereocenters. The lowest BCUT2D eigenvalue weighted by Gasteiger charge is -2.34. The minimum Gasteiger partial charge on any atom is -0.455 e. The van der Waals surface area contributed by atoms with Gasteiger partial charge in [-0.3, -0.25) is 0 Å². The van der Waals surface area contributed by atoms with Gasteiger partial charge in [-0.2, -0.15) is 5.26 Å². The van der Waals surface area contributed by atoms with E-state index in [0.29, 0.717) is 17.1 Å². The number of hydrogen-bond acceptors (Lipinski definition) is 3. The number of benzene rings is 2. The van der Waals surface area contributed by atoms with E-state index in [1.54, 1.807) is 6.07 Å². The average molecular weight is 332 g/mol. The van der Waals surface area contributed by atoms with Gasteiger partial charge in [-0.25, -0.2) is 4.39 Å². The monoisotopic (exact) mass is 332 g/mol. The Bertz CT molecular complexity index is 1010. The van der Waals surface area contributed by atoms with Crippen molar-refractivity contribution in [1.82, 2.24) is 0 Å². The third kappa shape index (κ3) is 2.40. The molecular formula is C21H17FN2O. The summed E-state index contributed by atoms with van der Waals surface area (Å²) >= 11 is 0. The molecule has 0 saturated carbocycles. The van der Waals surface area contributed by atoms with E-state index in [-0.39, 0.29) is 11.4 Å². The van der Waals surface area contributed by atoms with Gasteiger partial charge in [-0.1, -0.05) is 12.1 Å². The van der Waals surface area contributed by atoms with Crippen molar-refractivity contribution < 1.29 is 9.13 Å². The van der Waals surface area contributed by atoms with Crippen LogP contribution in [0.4, 0.5) is 10.1 Å². The summed E-state index contributed by atoms with van der Waals surface area (Å²) in [5.41, 5.74) is 5.31. The number of rotatable bonds is 0. The smallest absolute Gasteiger partial charge is 0.146 e. The first-order valence-electron chi connectivity index (χ1n) is 8.12. The number of fused-ring (bicyclic) bond motifs is 5. The summed E-state index contributed by atoms with van der Waals surface area (Å²) in [6.45, 7) is 6.25. The maximum atomic E-state index is 13.8. The van der Waals surface area contributed by atoms with Crippen molar-refractivity contribution in [2.75, 3.05) is 5.32 Å². The summed E-state index contributed by atoms with van der Waals surface area (Å²) in [4.78, 5) is 0. The summed E-state index contributed by atoms with van der Waals surface area (Å²) < 4.78 is 19.7. The molecule has 2 aliphatic rings. The Balaban J connectivity index is 2.07. The quantitative estimate of drug-likeness (QED) is 0.661. The molecule has 2 aromatic carbocycles. The number of anilines is 1. The van der Waals surface area contributed by atoms with Crippen molar-refractivity contribution in [2.45, 2.75) is 26.3 Å². The van der Waals surface area contributed by atoms with Gasteiger partial charge in [0.05, 0.1) is 17.7 Å². The van der Waals surface area contributed by atoms with Crippen molar-refractivity contribution in [3.05, 3.63) is 59.4 Å². The van der Waals surface area contributed by atoms with E-state index in [1.807, 2.05) is 19.1 Å². The van der Waals surface area contributed by atoms with Crippen molar-refractivity contribution in [2.24, 2.45) is 0 Å². The molecule has 0 fully saturated rings. The van der Waals surface area contributed by atoms with Crippen LogP contribution in [0.5, 0.6) is 5.75 Å². The van der Waals surface area contributed by atoms with Gasteiger partial charge in [0, 0.05) is 22.4 Å². The average Bonchev–Trinajstić information content (AvgIpc) is 2.53. The fourth-order valence-corrected chi connectivity index (χ4v) is 3.72. The van der Waals surface area contributed by atoms with Gasteiger partial charge in [0.25, 0.3) is 0 Å². The van der Waals surface area contributed by atoms with Crippen molar-refractivity contribution >= 4 is 17.0 Å². The number of nitrogens with one attached hydrogen (secondary N) is 1. The molecule has 0 unspecified atom stereocenters. The second kappa shape index (κ2) is 5.22. The Morgan fingerprint density at radius 2 is 1.96 bits per heavy atom. The Morgan fingerprint density at radius 3 is 2.72 bits per heavy atom. The molecule has 2 aliphatic heterocycles. The number of nitrogens with zero attached hydrogens (tertiary/aromatic N) is 1. The lowest BCUT2D eigenvalue weighted by molar-refractivity contribution is 0.508. The molecule has 1 N–H and O–H groups in total. The van der Waals surface area contributed by atoms with Crippen LogP contribution in [0.15, 0.2) is 42.5 Å². The van der Waals surface area contributed by atoms with E-state index < -0.39 is 0 Å². The number of halogens is 1. The SMILES string of the molecule is CC1=CC(C)(C)Nc2ccc3c(c21)/C(=C/C#N)Oc1ccc(F)cc1-3. The molecule has 124 valence electrons. The van der Waals surface area contributed by atoms with Crippen LogP contribution in [0, 0.1) is 17.1 Å². The Morgan fingerprint density at radius 1 is 1.16 bits per heavy atom. The van der Waals surface area contributed by atoms with Gasteiger partial charge >= 0.3 is 0 Å². The fraction of sp³-hybridized carbons (Fsp3) is 0.190. The van der Waals surface area contributed by atoms with E-state index in [9.17, 15) is 9.65 Å². The third-order valence-electron chi connectivity index (χ3n) is 4.53. The summed E-state index contributed by atoms with van der Waals surface area (Å²) in [7, 11) is 0. The highest BCUT2D eigenvalue weighted by Crippen LogP contribution is 2.48. The van der Waals surface area contributed by atoms with Gasteiger partial charge < -0.3 is 10.1 Å². The van der Waals surface area contributed by atoms with Gasteiger partial charge in [-0.05, 0) is 56.2 Å². The number of ether oxygens (including phenoxy) is 1. The van der Waals surface area contributed by atoms with E-state index in [1.165, 1.54) is 18.2 Å². The number of allylic oxidation sites excluding steroid dienone is 2. The maximum absolute atomic E-state index is 13.8. The van der Waals surface area contributed by atoms with Gasteiger partial charge in [-0.15, -0.1) is 0 Å². The lowest BCUT2D eigenvalue weighted by atomic mass is 9.83. The van der Waals surface area contributed by atoms with Crippen LogP contribution in [0.2, 0.25) is 0 Å². The molecule has 25 heavy (non-hydrogen) atoms. The highest BCUT2D eigenvalue weighted by Gasteiger charge is 2.31. The summed E-state index contributed by atoms with van der Waals surface area (Å²) in [5.74, 6) is 0.731. The van der Waals surface area contributed by atoms with E-state index in [0.717, 1.165) is 28.0 Å². The molecule has 0 aliphatic carbocycles. The zero-order valence-corrected chi connectivity index (χ0v) is 14.3. The fourth-order valence-electron chi connectivity index (χ4n) is 3.72. The molecule has 0 saturated heterocycles. The number of hydrogen-bond donors (Lipinski definition) is 1. The maximum Gasteiger partial charge on any atom is 0.146 e. The van der Waals surface area contributed by atoms with Gasteiger partial charge in [0.15, 0.2) is 0 Å². The molecular weight excluding hydrogens is 315 g/mol. The normalized spacial score (nSPS) is 18.0. The van der Waals surface area contributed by atoms with Crippen LogP contribution in [0.3, 0.4) is 0 Å². The van der Waals surface area contributed by atoms with E-state index in [4.69, 9.17) is 4.74 Å². The highest BCUT2D eigenvalue weighted by molar-refractivity contribution is 5.97. The zero-order valence-electron chi connectivity index (χ0n) is 14.3. The summed E-state index contributed by atoms with van der Waals surface area (Å²) in [6.07, 6.45) is 3.55. The zero-order chi connectivity index (χ0) is 17.8. The topological polar surface area (TPSA) is 45.0 Å². The van der Waals surface area contributed by atoms with E-state index >= 15 is 0 Å². The predicted octanol–water partition coefficient (Wildman–Crippen LogP) is 5.36. The first-order chi connectivity index (χ1) is 11.9. The minimum absolute atomic E-state index is 0.163. The number of nitriles is 1. The predicted molar refractivity (Wildman–Crippen MR) is 97.4 cm³/mol. The third-order valence-corrected chi connectivity index (χ3v) is 4.53. The van der Waals surface area contributed by atoms with Crippen LogP contribution in [0.25, 0.3) is 22.5 Å². The minimum atomic E-state index is -0.315. The van der Waals surface area contributed by atoms with Crippen LogP contribution >= 0.6 is 0 Å². The Labute approximate surface area is 146 Å². The van der Waals surface area contributed by atoms with Crippen LogP contribution in [-0.2, 0) is 0 Å². The second-order valence-corrected chi connectivity index (χ2v) is 6.96. The molecule has 4 rings (SSSR count). The standard InChI is InChI=1S/C21H17FN2O/c1-12-11-21(2,3)24-16-6-5-14-15-10-13(22)4-7-17(15)25-18(8-9-23)20(14)19(12)16/h4-8,10-11,24H,1-3H3/b18-8-. The van der Waals surface area contributed by atoms with Crippen molar-refractivity contribution in [3.8, 4) is 22.9 Å². The Hall–Kier alpha value is -3.06. The molecule has 0 spiro atoms. The highest BCUT2D eigenvalue weighted by atomic mass is 19.1. The van der Waals surface area contributed by atoms with Crippen molar-refractivity contribution in [3.63, 3.8) is 0 Å². The lowest BCUT2D eigenvalue weighted by Crippen LogP contribution is -2.32. The second-order valence-electron chi connectivity index (χ2n) is 6.96. The molecule has 0 bridgehead atoms. The van der Waals surface area contributed by atoms with Gasteiger partial charge in [0.1, 0.15) is 17.3 Å². The molecule has 2 aromatic rings. The first kappa shape index (κ1) is 15.5. The first-order valence-corrected chi connectivity index (χ1v) is 8.12. The van der Waals surface area contributed by atoms with Crippen LogP contribution in [0.1, 0.15) is 31.9 Å². The van der Waals surface area contributed by atoms with E-state index in [2.05, 4.69) is 31.3 Å². The Kier molecular flexibility index (Phi) is 3.23. The molecule has 0 aromatic heterocycles. The molecule has 4 heteroatoms. The largest absolute Gasteiger partial charge is 0.455 e. The van der Waals surface area contributed by atoms with Crippen molar-refractivity contribution in [1.29, 1.82) is 5.26 Å². The molecule has 3 nitrogen and oxygen atoms in total. The van der Waals surface area contributed by atoms with Gasteiger partial charge in [0.2, 0.25) is 0 Å². The van der Waals surface area contributed by atoms with Crippen LogP contribution in [-0.4, -0.2) is 5.54 Å².